The van der Waals surface area contributed by atoms with Gasteiger partial charge >= 0.3 is 0 Å². The van der Waals surface area contributed by atoms with Gasteiger partial charge in [0.15, 0.2) is 6.61 Å². The minimum atomic E-state index is 0.0209. The van der Waals surface area contributed by atoms with E-state index in [1.165, 1.54) is 19.4 Å². The van der Waals surface area contributed by atoms with E-state index in [0.717, 1.165) is 19.6 Å². The third-order valence-electron chi connectivity index (χ3n) is 4.19. The minimum Gasteiger partial charge on any atom is -0.482 e. The van der Waals surface area contributed by atoms with E-state index in [4.69, 9.17) is 27.9 Å². The molecule has 0 radical (unpaired) electrons. The summed E-state index contributed by atoms with van der Waals surface area (Å²) >= 11 is 11.9. The molecule has 2 aliphatic rings. The van der Waals surface area contributed by atoms with Gasteiger partial charge in [0.25, 0.3) is 5.91 Å². The number of hydrogen-bond acceptors (Lipinski definition) is 3. The third kappa shape index (κ3) is 3.44. The Morgan fingerprint density at radius 1 is 1.29 bits per heavy atom. The number of ether oxygens (including phenoxy) is 1. The lowest BCUT2D eigenvalue weighted by Crippen LogP contribution is -2.53. The summed E-state index contributed by atoms with van der Waals surface area (Å²) in [7, 11) is 0. The molecule has 1 atom stereocenters. The topological polar surface area (TPSA) is 32.8 Å². The molecule has 114 valence electrons. The second-order valence-electron chi connectivity index (χ2n) is 5.54. The summed E-state index contributed by atoms with van der Waals surface area (Å²) in [5.41, 5.74) is 0. The average molecular weight is 329 g/mol. The van der Waals surface area contributed by atoms with E-state index in [2.05, 4.69) is 4.90 Å². The van der Waals surface area contributed by atoms with Crippen molar-refractivity contribution < 1.29 is 9.53 Å². The Hall–Kier alpha value is -0.970. The summed E-state index contributed by atoms with van der Waals surface area (Å²) in [6, 6.07) is 5.53. The van der Waals surface area contributed by atoms with Crippen molar-refractivity contribution in [3.05, 3.63) is 28.2 Å². The summed E-state index contributed by atoms with van der Waals surface area (Å²) in [5, 5.41) is 0.979. The first-order valence-corrected chi connectivity index (χ1v) is 7.99. The first kappa shape index (κ1) is 14.9. The van der Waals surface area contributed by atoms with E-state index in [9.17, 15) is 4.79 Å². The predicted octanol–water partition coefficient (Wildman–Crippen LogP) is 2.68. The van der Waals surface area contributed by atoms with Gasteiger partial charge in [-0.3, -0.25) is 9.69 Å². The Labute approximate surface area is 134 Å². The fourth-order valence-corrected chi connectivity index (χ4v) is 3.50. The molecule has 1 aromatic carbocycles. The van der Waals surface area contributed by atoms with Gasteiger partial charge < -0.3 is 9.64 Å². The molecule has 1 aromatic rings. The van der Waals surface area contributed by atoms with Crippen molar-refractivity contribution in [1.82, 2.24) is 9.80 Å². The van der Waals surface area contributed by atoms with Crippen molar-refractivity contribution in [1.29, 1.82) is 0 Å². The molecule has 2 saturated heterocycles. The average Bonchev–Trinajstić information content (AvgIpc) is 2.93. The molecule has 0 aliphatic carbocycles. The molecular formula is C15H18Cl2N2O2. The molecule has 1 amide bonds. The number of hydrogen-bond donors (Lipinski definition) is 0. The second kappa shape index (κ2) is 6.42. The van der Waals surface area contributed by atoms with E-state index in [1.54, 1.807) is 18.2 Å². The summed E-state index contributed by atoms with van der Waals surface area (Å²) in [5.74, 6) is 0.515. The number of halogens is 2. The summed E-state index contributed by atoms with van der Waals surface area (Å²) in [6.45, 7) is 3.76. The first-order chi connectivity index (χ1) is 10.1. The highest BCUT2D eigenvalue weighted by atomic mass is 35.5. The van der Waals surface area contributed by atoms with E-state index >= 15 is 0 Å². The molecule has 2 heterocycles. The molecule has 6 heteroatoms. The van der Waals surface area contributed by atoms with Gasteiger partial charge in [0.05, 0.1) is 5.02 Å². The van der Waals surface area contributed by atoms with E-state index < -0.39 is 0 Å². The van der Waals surface area contributed by atoms with Crippen LogP contribution in [-0.2, 0) is 4.79 Å². The molecule has 0 spiro atoms. The number of piperazine rings is 1. The Bertz CT molecular complexity index is 538. The highest BCUT2D eigenvalue weighted by Gasteiger charge is 2.32. The maximum atomic E-state index is 12.3. The van der Waals surface area contributed by atoms with Gasteiger partial charge in [-0.15, -0.1) is 0 Å². The monoisotopic (exact) mass is 328 g/mol. The number of nitrogens with zero attached hydrogens (tertiary/aromatic N) is 2. The molecule has 21 heavy (non-hydrogen) atoms. The Morgan fingerprint density at radius 2 is 2.14 bits per heavy atom. The van der Waals surface area contributed by atoms with Crippen molar-refractivity contribution in [3.63, 3.8) is 0 Å². The van der Waals surface area contributed by atoms with Gasteiger partial charge in [0, 0.05) is 30.7 Å². The van der Waals surface area contributed by atoms with Crippen LogP contribution in [0.2, 0.25) is 10.0 Å². The molecular weight excluding hydrogens is 311 g/mol. The fraction of sp³-hybridized carbons (Fsp3) is 0.533. The van der Waals surface area contributed by atoms with Gasteiger partial charge in [-0.25, -0.2) is 0 Å². The van der Waals surface area contributed by atoms with Crippen LogP contribution in [0.25, 0.3) is 0 Å². The van der Waals surface area contributed by atoms with Gasteiger partial charge in [0.1, 0.15) is 5.75 Å². The predicted molar refractivity (Wildman–Crippen MR) is 83.1 cm³/mol. The van der Waals surface area contributed by atoms with Crippen LogP contribution in [-0.4, -0.2) is 54.5 Å². The van der Waals surface area contributed by atoms with Crippen molar-refractivity contribution in [3.8, 4) is 5.75 Å². The standard InChI is InChI=1S/C15H18Cl2N2O2/c16-11-3-4-14(13(17)8-11)21-10-15(20)19-7-6-18-5-1-2-12(18)9-19/h3-4,8,12H,1-2,5-7,9-10H2/t12-/m0/s1. The quantitative estimate of drug-likeness (QED) is 0.855. The molecule has 2 aliphatic heterocycles. The molecule has 0 aromatic heterocycles. The van der Waals surface area contributed by atoms with Crippen LogP contribution in [0, 0.1) is 0 Å². The smallest absolute Gasteiger partial charge is 0.260 e. The van der Waals surface area contributed by atoms with Gasteiger partial charge in [0.2, 0.25) is 0 Å². The molecule has 4 nitrogen and oxygen atoms in total. The molecule has 3 rings (SSSR count). The summed E-state index contributed by atoms with van der Waals surface area (Å²) in [6.07, 6.45) is 2.43. The summed E-state index contributed by atoms with van der Waals surface area (Å²) in [4.78, 5) is 16.6. The van der Waals surface area contributed by atoms with Gasteiger partial charge in [-0.1, -0.05) is 23.2 Å². The van der Waals surface area contributed by atoms with Crippen LogP contribution in [0.15, 0.2) is 18.2 Å². The Kier molecular flexibility index (Phi) is 4.57. The number of rotatable bonds is 3. The maximum Gasteiger partial charge on any atom is 0.260 e. The highest BCUT2D eigenvalue weighted by Crippen LogP contribution is 2.27. The lowest BCUT2D eigenvalue weighted by molar-refractivity contribution is -0.135. The van der Waals surface area contributed by atoms with Crippen molar-refractivity contribution in [2.24, 2.45) is 0 Å². The van der Waals surface area contributed by atoms with E-state index in [-0.39, 0.29) is 12.5 Å². The van der Waals surface area contributed by atoms with Crippen molar-refractivity contribution in [2.45, 2.75) is 18.9 Å². The van der Waals surface area contributed by atoms with Crippen LogP contribution in [0.1, 0.15) is 12.8 Å². The Morgan fingerprint density at radius 3 is 2.95 bits per heavy atom. The zero-order valence-corrected chi connectivity index (χ0v) is 13.2. The van der Waals surface area contributed by atoms with Crippen LogP contribution in [0.5, 0.6) is 5.75 Å². The highest BCUT2D eigenvalue weighted by molar-refractivity contribution is 6.35. The zero-order valence-electron chi connectivity index (χ0n) is 11.7. The lowest BCUT2D eigenvalue weighted by Gasteiger charge is -2.37. The number of carbonyl (C=O) groups excluding carboxylic acids is 1. The summed E-state index contributed by atoms with van der Waals surface area (Å²) < 4.78 is 5.52. The number of carbonyl (C=O) groups is 1. The minimum absolute atomic E-state index is 0.0209. The third-order valence-corrected chi connectivity index (χ3v) is 4.72. The van der Waals surface area contributed by atoms with Crippen LogP contribution in [0.4, 0.5) is 0 Å². The SMILES string of the molecule is O=C(COc1ccc(Cl)cc1Cl)N1CCN2CCC[C@H]2C1. The van der Waals surface area contributed by atoms with Gasteiger partial charge in [-0.05, 0) is 37.6 Å². The molecule has 2 fully saturated rings. The lowest BCUT2D eigenvalue weighted by atomic mass is 10.1. The maximum absolute atomic E-state index is 12.3. The van der Waals surface area contributed by atoms with E-state index in [0.29, 0.717) is 21.8 Å². The fourth-order valence-electron chi connectivity index (χ4n) is 3.04. The van der Waals surface area contributed by atoms with Crippen molar-refractivity contribution >= 4 is 29.1 Å². The molecule has 0 unspecified atom stereocenters. The zero-order chi connectivity index (χ0) is 14.8. The second-order valence-corrected chi connectivity index (χ2v) is 6.38. The van der Waals surface area contributed by atoms with Crippen LogP contribution < -0.4 is 4.74 Å². The van der Waals surface area contributed by atoms with E-state index in [1.807, 2.05) is 4.90 Å². The molecule has 0 bridgehead atoms. The van der Waals surface area contributed by atoms with Crippen LogP contribution >= 0.6 is 23.2 Å². The molecule has 0 N–H and O–H groups in total. The number of benzene rings is 1. The normalized spacial score (nSPS) is 22.2. The number of amides is 1. The van der Waals surface area contributed by atoms with Crippen LogP contribution in [0.3, 0.4) is 0 Å². The number of fused-ring (bicyclic) bond motifs is 1. The largest absolute Gasteiger partial charge is 0.482 e. The Balaban J connectivity index is 1.54. The first-order valence-electron chi connectivity index (χ1n) is 7.23. The van der Waals surface area contributed by atoms with Crippen molar-refractivity contribution in [2.75, 3.05) is 32.8 Å². The molecule has 0 saturated carbocycles. The van der Waals surface area contributed by atoms with Gasteiger partial charge in [-0.2, -0.15) is 0 Å².